The second kappa shape index (κ2) is 8.89. The van der Waals surface area contributed by atoms with Gasteiger partial charge >= 0.3 is 0 Å². The van der Waals surface area contributed by atoms with E-state index in [2.05, 4.69) is 4.98 Å². The van der Waals surface area contributed by atoms with E-state index in [0.717, 1.165) is 0 Å². The number of rotatable bonds is 7. The lowest BCUT2D eigenvalue weighted by Crippen LogP contribution is -2.03. The van der Waals surface area contributed by atoms with Crippen molar-refractivity contribution < 1.29 is 28.5 Å². The Labute approximate surface area is 183 Å². The van der Waals surface area contributed by atoms with Crippen LogP contribution in [0.4, 0.5) is 0 Å². The van der Waals surface area contributed by atoms with Crippen LogP contribution in [-0.4, -0.2) is 31.4 Å². The molecule has 0 fully saturated rings. The van der Waals surface area contributed by atoms with Crippen LogP contribution >= 0.6 is 0 Å². The summed E-state index contributed by atoms with van der Waals surface area (Å²) in [7, 11) is 4.54. The first kappa shape index (κ1) is 21.0. The number of aromatic hydroxyl groups is 1. The van der Waals surface area contributed by atoms with E-state index in [0.29, 0.717) is 34.3 Å². The van der Waals surface area contributed by atoms with Crippen LogP contribution < -0.4 is 24.4 Å². The van der Waals surface area contributed by atoms with Crippen molar-refractivity contribution in [3.63, 3.8) is 0 Å². The molecule has 0 spiro atoms. The van der Waals surface area contributed by atoms with Crippen LogP contribution in [0.5, 0.6) is 28.7 Å². The van der Waals surface area contributed by atoms with Gasteiger partial charge in [-0.1, -0.05) is 0 Å². The number of aromatic nitrogens is 1. The number of nitrogens with zero attached hydrogens (tertiary/aromatic N) is 1. The molecule has 32 heavy (non-hydrogen) atoms. The third kappa shape index (κ3) is 4.15. The zero-order chi connectivity index (χ0) is 22.7. The summed E-state index contributed by atoms with van der Waals surface area (Å²) in [6, 6.07) is 12.9. The highest BCUT2D eigenvalue weighted by atomic mass is 16.5. The van der Waals surface area contributed by atoms with Gasteiger partial charge in [0.1, 0.15) is 40.6 Å². The summed E-state index contributed by atoms with van der Waals surface area (Å²) < 4.78 is 27.5. The molecule has 8 heteroatoms. The molecule has 2 heterocycles. The first-order chi connectivity index (χ1) is 15.5. The fourth-order valence-electron chi connectivity index (χ4n) is 3.25. The summed E-state index contributed by atoms with van der Waals surface area (Å²) in [5.41, 5.74) is 1.23. The van der Waals surface area contributed by atoms with E-state index >= 15 is 0 Å². The van der Waals surface area contributed by atoms with Gasteiger partial charge in [0.2, 0.25) is 0 Å². The van der Waals surface area contributed by atoms with E-state index in [1.807, 2.05) is 0 Å². The van der Waals surface area contributed by atoms with E-state index in [1.54, 1.807) is 50.7 Å². The third-order valence-corrected chi connectivity index (χ3v) is 4.86. The highest BCUT2D eigenvalue weighted by Gasteiger charge is 2.15. The van der Waals surface area contributed by atoms with Crippen molar-refractivity contribution in [2.24, 2.45) is 0 Å². The van der Waals surface area contributed by atoms with Crippen LogP contribution in [0.15, 0.2) is 63.9 Å². The molecular formula is C24H21NO7. The Bertz CT molecular complexity index is 1310. The summed E-state index contributed by atoms with van der Waals surface area (Å²) in [5.74, 6) is 2.11. The Balaban J connectivity index is 1.69. The average molecular weight is 435 g/mol. The van der Waals surface area contributed by atoms with Crippen LogP contribution in [-0.2, 0) is 6.61 Å². The number of phenols is 1. The SMILES string of the molecule is COc1ccc(COc2cc(-c3cc(=O)c4c(OC)cc(O)cc4o3)ccc2OC)nc1. The minimum atomic E-state index is -0.293. The van der Waals surface area contributed by atoms with E-state index in [1.165, 1.54) is 25.3 Å². The topological polar surface area (TPSA) is 100 Å². The van der Waals surface area contributed by atoms with Crippen LogP contribution in [0.1, 0.15) is 5.69 Å². The molecule has 0 bridgehead atoms. The first-order valence-corrected chi connectivity index (χ1v) is 9.67. The summed E-state index contributed by atoms with van der Waals surface area (Å²) in [6.07, 6.45) is 1.61. The summed E-state index contributed by atoms with van der Waals surface area (Å²) >= 11 is 0. The van der Waals surface area contributed by atoms with E-state index in [4.69, 9.17) is 23.4 Å². The largest absolute Gasteiger partial charge is 0.508 e. The maximum absolute atomic E-state index is 12.7. The van der Waals surface area contributed by atoms with E-state index in [9.17, 15) is 9.90 Å². The molecule has 2 aromatic carbocycles. The number of hydrogen-bond acceptors (Lipinski definition) is 8. The van der Waals surface area contributed by atoms with Crippen molar-refractivity contribution in [2.45, 2.75) is 6.61 Å². The Morgan fingerprint density at radius 2 is 1.72 bits per heavy atom. The van der Waals surface area contributed by atoms with Crippen molar-refractivity contribution in [1.29, 1.82) is 0 Å². The quantitative estimate of drug-likeness (QED) is 0.462. The van der Waals surface area contributed by atoms with Gasteiger partial charge < -0.3 is 28.5 Å². The second-order valence-electron chi connectivity index (χ2n) is 6.84. The van der Waals surface area contributed by atoms with Crippen molar-refractivity contribution in [3.05, 3.63) is 70.6 Å². The van der Waals surface area contributed by atoms with E-state index < -0.39 is 0 Å². The molecule has 0 aliphatic heterocycles. The lowest BCUT2D eigenvalue weighted by Gasteiger charge is -2.13. The number of fused-ring (bicyclic) bond motifs is 1. The maximum Gasteiger partial charge on any atom is 0.197 e. The lowest BCUT2D eigenvalue weighted by atomic mass is 10.1. The zero-order valence-electron chi connectivity index (χ0n) is 17.7. The van der Waals surface area contributed by atoms with Gasteiger partial charge in [-0.15, -0.1) is 0 Å². The Morgan fingerprint density at radius 3 is 2.41 bits per heavy atom. The molecule has 1 N–H and O–H groups in total. The first-order valence-electron chi connectivity index (χ1n) is 9.67. The Kier molecular flexibility index (Phi) is 5.85. The van der Waals surface area contributed by atoms with Gasteiger partial charge in [0.25, 0.3) is 0 Å². The molecule has 0 saturated carbocycles. The summed E-state index contributed by atoms with van der Waals surface area (Å²) in [5, 5.41) is 10.2. The molecule has 0 atom stereocenters. The van der Waals surface area contributed by atoms with Crippen LogP contribution in [0.3, 0.4) is 0 Å². The molecule has 4 rings (SSSR count). The number of hydrogen-bond donors (Lipinski definition) is 1. The Morgan fingerprint density at radius 1 is 0.906 bits per heavy atom. The van der Waals surface area contributed by atoms with E-state index in [-0.39, 0.29) is 34.5 Å². The summed E-state index contributed by atoms with van der Waals surface area (Å²) in [4.78, 5) is 17.0. The number of ether oxygens (including phenoxy) is 4. The van der Waals surface area contributed by atoms with Crippen molar-refractivity contribution in [1.82, 2.24) is 4.98 Å². The molecule has 0 saturated heterocycles. The van der Waals surface area contributed by atoms with Gasteiger partial charge in [0, 0.05) is 23.8 Å². The minimum Gasteiger partial charge on any atom is -0.508 e. The molecule has 0 aliphatic carbocycles. The normalized spacial score (nSPS) is 10.7. The van der Waals surface area contributed by atoms with Crippen LogP contribution in [0, 0.1) is 0 Å². The highest BCUT2D eigenvalue weighted by Crippen LogP contribution is 2.35. The number of methoxy groups -OCH3 is 3. The molecule has 0 aliphatic rings. The third-order valence-electron chi connectivity index (χ3n) is 4.86. The smallest absolute Gasteiger partial charge is 0.197 e. The van der Waals surface area contributed by atoms with Gasteiger partial charge in [0.05, 0.1) is 33.2 Å². The fourth-order valence-corrected chi connectivity index (χ4v) is 3.25. The second-order valence-corrected chi connectivity index (χ2v) is 6.84. The van der Waals surface area contributed by atoms with Gasteiger partial charge in [-0.05, 0) is 30.3 Å². The fraction of sp³-hybridized carbons (Fsp3) is 0.167. The Hall–Kier alpha value is -4.20. The molecule has 2 aromatic heterocycles. The monoisotopic (exact) mass is 435 g/mol. The van der Waals surface area contributed by atoms with Crippen molar-refractivity contribution in [2.75, 3.05) is 21.3 Å². The van der Waals surface area contributed by atoms with Gasteiger partial charge in [-0.2, -0.15) is 0 Å². The van der Waals surface area contributed by atoms with Gasteiger partial charge in [-0.3, -0.25) is 9.78 Å². The molecule has 8 nitrogen and oxygen atoms in total. The minimum absolute atomic E-state index is 0.0691. The maximum atomic E-state index is 12.7. The molecule has 0 radical (unpaired) electrons. The molecule has 164 valence electrons. The van der Waals surface area contributed by atoms with Crippen LogP contribution in [0.2, 0.25) is 0 Å². The number of pyridine rings is 1. The number of phenolic OH excluding ortho intramolecular Hbond substituents is 1. The van der Waals surface area contributed by atoms with Gasteiger partial charge in [0.15, 0.2) is 16.9 Å². The van der Waals surface area contributed by atoms with Gasteiger partial charge in [-0.25, -0.2) is 0 Å². The predicted octanol–water partition coefficient (Wildman–Crippen LogP) is 4.17. The standard InChI is InChI=1S/C24H21NO7/c1-28-17-6-5-15(25-12-17)13-31-21-8-14(4-7-19(21)29-2)20-11-18(27)24-22(30-3)9-16(26)10-23(24)32-20/h4-12,26H,13H2,1-3H3. The molecule has 0 amide bonds. The highest BCUT2D eigenvalue weighted by molar-refractivity contribution is 5.86. The summed E-state index contributed by atoms with van der Waals surface area (Å²) in [6.45, 7) is 0.205. The number of benzene rings is 2. The lowest BCUT2D eigenvalue weighted by molar-refractivity contribution is 0.280. The van der Waals surface area contributed by atoms with Crippen molar-refractivity contribution >= 4 is 11.0 Å². The zero-order valence-corrected chi connectivity index (χ0v) is 17.7. The predicted molar refractivity (Wildman–Crippen MR) is 118 cm³/mol. The average Bonchev–Trinajstić information content (AvgIpc) is 2.81. The molecule has 4 aromatic rings. The van der Waals surface area contributed by atoms with Crippen LogP contribution in [0.25, 0.3) is 22.3 Å². The molecule has 0 unspecified atom stereocenters. The van der Waals surface area contributed by atoms with Crippen molar-refractivity contribution in [3.8, 4) is 40.1 Å². The molecular weight excluding hydrogens is 414 g/mol.